The predicted octanol–water partition coefficient (Wildman–Crippen LogP) is 2.08. The van der Waals surface area contributed by atoms with Gasteiger partial charge in [0.2, 0.25) is 0 Å². The molecule has 2 aliphatic carbocycles. The van der Waals surface area contributed by atoms with Crippen LogP contribution in [0.1, 0.15) is 33.6 Å². The molecule has 0 unspecified atom stereocenters. The van der Waals surface area contributed by atoms with Gasteiger partial charge in [0.15, 0.2) is 0 Å². The number of carbonyl (C=O) groups is 2. The van der Waals surface area contributed by atoms with Crippen molar-refractivity contribution in [2.24, 2.45) is 23.7 Å². The summed E-state index contributed by atoms with van der Waals surface area (Å²) in [5.74, 6) is 2.13. The fourth-order valence-electron chi connectivity index (χ4n) is 3.94. The third-order valence-corrected chi connectivity index (χ3v) is 4.62. The molecule has 18 heavy (non-hydrogen) atoms. The number of nitrogens with zero attached hydrogens (tertiary/aromatic N) is 1. The average Bonchev–Trinajstić information content (AvgIpc) is 2.82. The van der Waals surface area contributed by atoms with Crippen LogP contribution in [0.3, 0.4) is 0 Å². The number of fused-ring (bicyclic) bond motifs is 5. The van der Waals surface area contributed by atoms with Crippen molar-refractivity contribution in [3.63, 3.8) is 0 Å². The first kappa shape index (κ1) is 12.0. The van der Waals surface area contributed by atoms with Gasteiger partial charge in [0.1, 0.15) is 11.4 Å². The molecule has 3 fully saturated rings. The molecule has 0 aromatic carbocycles. The van der Waals surface area contributed by atoms with E-state index in [2.05, 4.69) is 0 Å². The van der Waals surface area contributed by atoms with Gasteiger partial charge in [-0.05, 0) is 44.9 Å². The molecule has 3 rings (SSSR count). The lowest BCUT2D eigenvalue weighted by molar-refractivity contribution is -0.123. The molecule has 1 heterocycles. The Morgan fingerprint density at radius 2 is 1.94 bits per heavy atom. The third-order valence-electron chi connectivity index (χ3n) is 4.62. The van der Waals surface area contributed by atoms with Gasteiger partial charge in [-0.25, -0.2) is 4.79 Å². The molecule has 2 saturated carbocycles. The van der Waals surface area contributed by atoms with E-state index in [1.165, 1.54) is 0 Å². The van der Waals surface area contributed by atoms with Crippen molar-refractivity contribution < 1.29 is 14.3 Å². The largest absolute Gasteiger partial charge is 0.444 e. The molecule has 4 nitrogen and oxygen atoms in total. The molecule has 0 spiro atoms. The number of Topliss-reactive ketones (excluding diaryl/α,β-unsaturated/α-hetero) is 1. The first-order chi connectivity index (χ1) is 8.35. The Labute approximate surface area is 108 Å². The van der Waals surface area contributed by atoms with Crippen LogP contribution in [0.15, 0.2) is 0 Å². The minimum Gasteiger partial charge on any atom is -0.444 e. The molecule has 100 valence electrons. The summed E-state index contributed by atoms with van der Waals surface area (Å²) in [6, 6.07) is 0. The molecule has 4 atom stereocenters. The van der Waals surface area contributed by atoms with Gasteiger partial charge in [-0.3, -0.25) is 4.79 Å². The quantitative estimate of drug-likeness (QED) is 0.662. The third kappa shape index (κ3) is 1.82. The van der Waals surface area contributed by atoms with E-state index < -0.39 is 5.60 Å². The van der Waals surface area contributed by atoms with Crippen molar-refractivity contribution in [1.82, 2.24) is 4.90 Å². The molecular weight excluding hydrogens is 230 g/mol. The number of ketones is 1. The van der Waals surface area contributed by atoms with Crippen LogP contribution in [0.5, 0.6) is 0 Å². The minimum atomic E-state index is -0.441. The van der Waals surface area contributed by atoms with Crippen molar-refractivity contribution >= 4 is 11.9 Å². The molecule has 0 radical (unpaired) electrons. The molecular formula is C14H21NO3. The summed E-state index contributed by atoms with van der Waals surface area (Å²) in [4.78, 5) is 25.6. The van der Waals surface area contributed by atoms with Crippen LogP contribution >= 0.6 is 0 Å². The van der Waals surface area contributed by atoms with E-state index in [1.807, 2.05) is 20.8 Å². The maximum absolute atomic E-state index is 12.0. The van der Waals surface area contributed by atoms with E-state index in [-0.39, 0.29) is 12.0 Å². The smallest absolute Gasteiger partial charge is 0.410 e. The number of hydrogen-bond acceptors (Lipinski definition) is 3. The zero-order chi connectivity index (χ0) is 13.1. The molecule has 0 aromatic rings. The molecule has 1 saturated heterocycles. The molecule has 3 aliphatic rings. The van der Waals surface area contributed by atoms with Crippen LogP contribution in [0, 0.1) is 23.7 Å². The van der Waals surface area contributed by atoms with Crippen molar-refractivity contribution in [1.29, 1.82) is 0 Å². The van der Waals surface area contributed by atoms with Gasteiger partial charge < -0.3 is 9.64 Å². The van der Waals surface area contributed by atoms with Crippen LogP contribution in [-0.4, -0.2) is 35.5 Å². The van der Waals surface area contributed by atoms with Gasteiger partial charge in [0, 0.05) is 25.4 Å². The second-order valence-corrected chi connectivity index (χ2v) is 6.99. The van der Waals surface area contributed by atoms with Crippen LogP contribution < -0.4 is 0 Å². The average molecular weight is 251 g/mol. The van der Waals surface area contributed by atoms with E-state index >= 15 is 0 Å². The summed E-state index contributed by atoms with van der Waals surface area (Å²) in [5, 5.41) is 0. The van der Waals surface area contributed by atoms with Crippen LogP contribution in [0.4, 0.5) is 4.79 Å². The summed E-state index contributed by atoms with van der Waals surface area (Å²) in [6.07, 6.45) is 1.59. The van der Waals surface area contributed by atoms with E-state index in [9.17, 15) is 9.59 Å². The van der Waals surface area contributed by atoms with Gasteiger partial charge in [0.25, 0.3) is 0 Å². The second-order valence-electron chi connectivity index (χ2n) is 6.99. The lowest BCUT2D eigenvalue weighted by Gasteiger charge is -2.25. The summed E-state index contributed by atoms with van der Waals surface area (Å²) in [5.41, 5.74) is -0.441. The summed E-state index contributed by atoms with van der Waals surface area (Å²) >= 11 is 0. The highest BCUT2D eigenvalue weighted by Gasteiger charge is 2.56. The van der Waals surface area contributed by atoms with Gasteiger partial charge in [-0.2, -0.15) is 0 Å². The monoisotopic (exact) mass is 251 g/mol. The second kappa shape index (κ2) is 3.72. The number of amides is 1. The van der Waals surface area contributed by atoms with Gasteiger partial charge in [0.05, 0.1) is 0 Å². The number of rotatable bonds is 0. The summed E-state index contributed by atoms with van der Waals surface area (Å²) in [6.45, 7) is 7.15. The number of hydrogen-bond donors (Lipinski definition) is 0. The zero-order valence-electron chi connectivity index (χ0n) is 11.3. The predicted molar refractivity (Wildman–Crippen MR) is 66.0 cm³/mol. The van der Waals surface area contributed by atoms with Gasteiger partial charge >= 0.3 is 6.09 Å². The highest BCUT2D eigenvalue weighted by Crippen LogP contribution is 2.53. The molecule has 1 aliphatic heterocycles. The first-order valence-electron chi connectivity index (χ1n) is 6.86. The van der Waals surface area contributed by atoms with E-state index in [4.69, 9.17) is 4.74 Å². The van der Waals surface area contributed by atoms with Gasteiger partial charge in [-0.1, -0.05) is 0 Å². The molecule has 0 aromatic heterocycles. The maximum Gasteiger partial charge on any atom is 0.410 e. The summed E-state index contributed by atoms with van der Waals surface area (Å²) < 4.78 is 5.41. The molecule has 4 heteroatoms. The fourth-order valence-corrected chi connectivity index (χ4v) is 3.94. The Balaban J connectivity index is 1.67. The lowest BCUT2D eigenvalue weighted by atomic mass is 9.81. The van der Waals surface area contributed by atoms with Crippen molar-refractivity contribution in [2.75, 3.05) is 13.1 Å². The molecule has 0 N–H and O–H groups in total. The molecule has 2 bridgehead atoms. The van der Waals surface area contributed by atoms with Crippen LogP contribution in [0.25, 0.3) is 0 Å². The Kier molecular flexibility index (Phi) is 2.48. The van der Waals surface area contributed by atoms with Gasteiger partial charge in [-0.15, -0.1) is 0 Å². The number of ether oxygens (including phenoxy) is 1. The van der Waals surface area contributed by atoms with Crippen LogP contribution in [-0.2, 0) is 9.53 Å². The minimum absolute atomic E-state index is 0.219. The van der Waals surface area contributed by atoms with Crippen molar-refractivity contribution in [3.05, 3.63) is 0 Å². The number of carbonyl (C=O) groups excluding carboxylic acids is 2. The highest BCUT2D eigenvalue weighted by molar-refractivity contribution is 5.85. The Hall–Kier alpha value is -1.06. The van der Waals surface area contributed by atoms with Crippen molar-refractivity contribution in [3.8, 4) is 0 Å². The Morgan fingerprint density at radius 1 is 1.28 bits per heavy atom. The topological polar surface area (TPSA) is 46.6 Å². The zero-order valence-corrected chi connectivity index (χ0v) is 11.3. The van der Waals surface area contributed by atoms with Crippen molar-refractivity contribution in [2.45, 2.75) is 39.2 Å². The number of likely N-dealkylation sites (tertiary alicyclic amines) is 1. The van der Waals surface area contributed by atoms with E-state index in [0.717, 1.165) is 19.4 Å². The Morgan fingerprint density at radius 3 is 2.61 bits per heavy atom. The van der Waals surface area contributed by atoms with E-state index in [1.54, 1.807) is 4.90 Å². The highest BCUT2D eigenvalue weighted by atomic mass is 16.6. The maximum atomic E-state index is 12.0. The lowest BCUT2D eigenvalue weighted by Crippen LogP contribution is -2.36. The fraction of sp³-hybridized carbons (Fsp3) is 0.857. The molecule has 1 amide bonds. The SMILES string of the molecule is CC(C)(C)OC(=O)N1C[C@@H]2[C@@H]3CC(=O)[C@@H](C3)[C@@H]2C1. The summed E-state index contributed by atoms with van der Waals surface area (Å²) in [7, 11) is 0. The normalized spacial score (nSPS) is 38.2. The standard InChI is InChI=1S/C14H21NO3/c1-14(2,3)18-13(17)15-6-10-8-4-9(11(10)7-15)12(16)5-8/h8-11H,4-7H2,1-3H3/t8-,9-,10+,11-/m0/s1. The first-order valence-corrected chi connectivity index (χ1v) is 6.86. The van der Waals surface area contributed by atoms with Crippen LogP contribution in [0.2, 0.25) is 0 Å². The van der Waals surface area contributed by atoms with E-state index in [0.29, 0.717) is 30.1 Å². The Bertz CT molecular complexity index is 398.